The van der Waals surface area contributed by atoms with Crippen LogP contribution >= 0.6 is 22.9 Å². The molecule has 0 unspecified atom stereocenters. The van der Waals surface area contributed by atoms with Crippen LogP contribution in [0.4, 0.5) is 5.13 Å². The summed E-state index contributed by atoms with van der Waals surface area (Å²) in [5.74, 6) is 1.38. The second kappa shape index (κ2) is 7.67. The number of hydrogen-bond acceptors (Lipinski definition) is 8. The highest BCUT2D eigenvalue weighted by Gasteiger charge is 2.11. The van der Waals surface area contributed by atoms with Crippen molar-refractivity contribution in [1.29, 1.82) is 0 Å². The van der Waals surface area contributed by atoms with Crippen LogP contribution in [0.25, 0.3) is 11.4 Å². The van der Waals surface area contributed by atoms with Gasteiger partial charge in [0.2, 0.25) is 0 Å². The minimum absolute atomic E-state index is 0.255. The predicted octanol–water partition coefficient (Wildman–Crippen LogP) is 3.81. The summed E-state index contributed by atoms with van der Waals surface area (Å²) in [7, 11) is 0. The number of rotatable bonds is 4. The molecule has 7 nitrogen and oxygen atoms in total. The molecule has 0 saturated carbocycles. The molecule has 0 atom stereocenters. The lowest BCUT2D eigenvalue weighted by Gasteiger charge is -2.14. The van der Waals surface area contributed by atoms with Gasteiger partial charge in [0.25, 0.3) is 0 Å². The number of ether oxygens (including phenoxy) is 1. The summed E-state index contributed by atoms with van der Waals surface area (Å²) in [6.45, 7) is 1.74. The van der Waals surface area contributed by atoms with Crippen molar-refractivity contribution >= 4 is 34.0 Å². The molecule has 3 aromatic rings. The fraction of sp³-hybridized carbons (Fsp3) is 0.176. The lowest BCUT2D eigenvalue weighted by Crippen LogP contribution is -2.35. The molecule has 1 aliphatic rings. The van der Waals surface area contributed by atoms with E-state index in [4.69, 9.17) is 16.3 Å². The first-order valence-corrected chi connectivity index (χ1v) is 9.30. The monoisotopic (exact) mass is 386 g/mol. The van der Waals surface area contributed by atoms with Crippen LogP contribution in [0.5, 0.6) is 11.8 Å². The number of anilines is 1. The third kappa shape index (κ3) is 4.09. The summed E-state index contributed by atoms with van der Waals surface area (Å²) in [6, 6.07) is 9.08. The number of aromatic nitrogens is 3. The molecule has 2 aromatic heterocycles. The first-order valence-electron chi connectivity index (χ1n) is 8.04. The van der Waals surface area contributed by atoms with Crippen molar-refractivity contribution in [2.45, 2.75) is 6.42 Å². The van der Waals surface area contributed by atoms with Gasteiger partial charge in [-0.05, 0) is 36.8 Å². The van der Waals surface area contributed by atoms with Crippen molar-refractivity contribution in [3.63, 3.8) is 0 Å². The summed E-state index contributed by atoms with van der Waals surface area (Å²) >= 11 is 7.37. The lowest BCUT2D eigenvalue weighted by molar-refractivity contribution is 0.442. The number of benzene rings is 1. The Morgan fingerprint density at radius 2 is 2.00 bits per heavy atom. The van der Waals surface area contributed by atoms with E-state index < -0.39 is 0 Å². The van der Waals surface area contributed by atoms with Gasteiger partial charge in [-0.25, -0.2) is 9.97 Å². The molecule has 0 fully saturated rings. The minimum atomic E-state index is 0.255. The SMILES string of the molecule is Clc1ccc(Oc2nccc(-c3csc(NC4=NCCCN4)n3)n2)cc1. The van der Waals surface area contributed by atoms with Gasteiger partial charge in [-0.15, -0.1) is 11.3 Å². The second-order valence-corrected chi connectivity index (χ2v) is 6.75. The Kier molecular flexibility index (Phi) is 4.94. The summed E-state index contributed by atoms with van der Waals surface area (Å²) in [6.07, 6.45) is 2.69. The molecule has 0 radical (unpaired) electrons. The minimum Gasteiger partial charge on any atom is -0.424 e. The number of hydrogen-bond donors (Lipinski definition) is 2. The van der Waals surface area contributed by atoms with Gasteiger partial charge in [0.15, 0.2) is 11.1 Å². The van der Waals surface area contributed by atoms with Gasteiger partial charge >= 0.3 is 6.01 Å². The fourth-order valence-electron chi connectivity index (χ4n) is 2.31. The lowest BCUT2D eigenvalue weighted by atomic mass is 10.3. The number of nitrogens with one attached hydrogen (secondary N) is 2. The summed E-state index contributed by atoms with van der Waals surface area (Å²) < 4.78 is 5.67. The first kappa shape index (κ1) is 16.7. The Morgan fingerprint density at radius 3 is 2.81 bits per heavy atom. The standard InChI is InChI=1S/C17H15ClN6OS/c18-11-2-4-12(5-3-11)25-16-21-9-6-13(22-16)14-10-26-17(23-14)24-15-19-7-1-8-20-15/h2-6,9-10H,1,7-8H2,(H2,19,20,23,24). The van der Waals surface area contributed by atoms with E-state index in [1.165, 1.54) is 11.3 Å². The molecular weight excluding hydrogens is 372 g/mol. The van der Waals surface area contributed by atoms with Crippen molar-refractivity contribution in [2.75, 3.05) is 18.4 Å². The van der Waals surface area contributed by atoms with Gasteiger partial charge in [-0.2, -0.15) is 4.98 Å². The Hall–Kier alpha value is -2.71. The van der Waals surface area contributed by atoms with E-state index in [2.05, 4.69) is 30.6 Å². The van der Waals surface area contributed by atoms with E-state index in [0.717, 1.165) is 36.3 Å². The summed E-state index contributed by atoms with van der Waals surface area (Å²) in [5, 5.41) is 9.73. The topological polar surface area (TPSA) is 84.3 Å². The van der Waals surface area contributed by atoms with E-state index in [0.29, 0.717) is 16.5 Å². The van der Waals surface area contributed by atoms with Crippen LogP contribution in [0, 0.1) is 0 Å². The maximum absolute atomic E-state index is 5.88. The highest BCUT2D eigenvalue weighted by atomic mass is 35.5. The van der Waals surface area contributed by atoms with Gasteiger partial charge in [0.05, 0.1) is 5.69 Å². The molecule has 2 N–H and O–H groups in total. The molecule has 0 amide bonds. The second-order valence-electron chi connectivity index (χ2n) is 5.45. The molecule has 0 bridgehead atoms. The van der Waals surface area contributed by atoms with E-state index in [1.807, 2.05) is 5.38 Å². The number of nitrogens with zero attached hydrogens (tertiary/aromatic N) is 4. The summed E-state index contributed by atoms with van der Waals surface area (Å²) in [5.41, 5.74) is 1.43. The molecule has 0 spiro atoms. The van der Waals surface area contributed by atoms with Crippen molar-refractivity contribution in [2.24, 2.45) is 4.99 Å². The van der Waals surface area contributed by atoms with Crippen LogP contribution in [-0.2, 0) is 0 Å². The zero-order chi connectivity index (χ0) is 17.8. The van der Waals surface area contributed by atoms with E-state index in [1.54, 1.807) is 36.5 Å². The smallest absolute Gasteiger partial charge is 0.322 e. The number of halogens is 1. The van der Waals surface area contributed by atoms with Crippen LogP contribution in [0.15, 0.2) is 46.9 Å². The zero-order valence-corrected chi connectivity index (χ0v) is 15.2. The first-order chi connectivity index (χ1) is 12.8. The van der Waals surface area contributed by atoms with Crippen LogP contribution in [-0.4, -0.2) is 34.0 Å². The highest BCUT2D eigenvalue weighted by molar-refractivity contribution is 7.14. The molecule has 26 heavy (non-hydrogen) atoms. The quantitative estimate of drug-likeness (QED) is 0.709. The predicted molar refractivity (Wildman–Crippen MR) is 103 cm³/mol. The van der Waals surface area contributed by atoms with Gasteiger partial charge in [-0.1, -0.05) is 11.6 Å². The molecule has 9 heteroatoms. The van der Waals surface area contributed by atoms with E-state index in [-0.39, 0.29) is 6.01 Å². The van der Waals surface area contributed by atoms with Gasteiger partial charge in [-0.3, -0.25) is 4.99 Å². The van der Waals surface area contributed by atoms with Crippen molar-refractivity contribution in [3.05, 3.63) is 46.9 Å². The maximum atomic E-state index is 5.88. The van der Waals surface area contributed by atoms with Crippen molar-refractivity contribution in [3.8, 4) is 23.1 Å². The maximum Gasteiger partial charge on any atom is 0.322 e. The van der Waals surface area contributed by atoms with Crippen molar-refractivity contribution < 1.29 is 4.74 Å². The van der Waals surface area contributed by atoms with Crippen LogP contribution in [0.2, 0.25) is 5.02 Å². The Balaban J connectivity index is 1.49. The third-order valence-electron chi connectivity index (χ3n) is 3.55. The normalized spacial score (nSPS) is 13.7. The van der Waals surface area contributed by atoms with Gasteiger partial charge in [0.1, 0.15) is 11.4 Å². The van der Waals surface area contributed by atoms with Crippen LogP contribution < -0.4 is 15.4 Å². The molecule has 4 rings (SSSR count). The number of aliphatic imine (C=N–C) groups is 1. The molecular formula is C17H15ClN6OS. The van der Waals surface area contributed by atoms with E-state index in [9.17, 15) is 0 Å². The van der Waals surface area contributed by atoms with Gasteiger partial charge in [0, 0.05) is 29.7 Å². The van der Waals surface area contributed by atoms with Crippen LogP contribution in [0.1, 0.15) is 6.42 Å². The zero-order valence-electron chi connectivity index (χ0n) is 13.6. The van der Waals surface area contributed by atoms with Crippen molar-refractivity contribution in [1.82, 2.24) is 20.3 Å². The molecule has 0 aliphatic carbocycles. The molecule has 1 aliphatic heterocycles. The number of thiazole rings is 1. The Labute approximate surface area is 159 Å². The average Bonchev–Trinajstić information content (AvgIpc) is 3.13. The molecule has 0 saturated heterocycles. The largest absolute Gasteiger partial charge is 0.424 e. The van der Waals surface area contributed by atoms with E-state index >= 15 is 0 Å². The molecule has 3 heterocycles. The molecule has 132 valence electrons. The Bertz CT molecular complexity index is 927. The third-order valence-corrected chi connectivity index (χ3v) is 4.56. The average molecular weight is 387 g/mol. The number of guanidine groups is 1. The molecule has 1 aromatic carbocycles. The summed E-state index contributed by atoms with van der Waals surface area (Å²) in [4.78, 5) is 17.5. The fourth-order valence-corrected chi connectivity index (χ4v) is 3.14. The van der Waals surface area contributed by atoms with Gasteiger partial charge < -0.3 is 15.4 Å². The van der Waals surface area contributed by atoms with Crippen LogP contribution in [0.3, 0.4) is 0 Å². The Morgan fingerprint density at radius 1 is 1.12 bits per heavy atom. The highest BCUT2D eigenvalue weighted by Crippen LogP contribution is 2.26.